The molecule has 0 bridgehead atoms. The molecule has 0 saturated heterocycles. The largest absolute Gasteiger partial charge is 0.481 e. The zero-order valence-corrected chi connectivity index (χ0v) is 19.5. The number of fused-ring (bicyclic) bond motifs is 1. The topological polar surface area (TPSA) is 83.9 Å². The standard InChI is InChI=1S/C23H18Cl2FNO5S/c1-13-18(12-23(28)29)19-11-15(26)3-9-21(19)27(13)33(30,31)17-6-4-16(5-7-17)32-22-10-14(24)2-8-20(22)25/h2-11,13,18H,12H2,1H3,(H,28,29). The molecule has 172 valence electrons. The van der Waals surface area contributed by atoms with Crippen molar-refractivity contribution < 1.29 is 27.4 Å². The van der Waals surface area contributed by atoms with Gasteiger partial charge in [0.2, 0.25) is 0 Å². The second kappa shape index (κ2) is 8.85. The molecule has 1 N–H and O–H groups in total. The number of carbonyl (C=O) groups is 1. The lowest BCUT2D eigenvalue weighted by Gasteiger charge is -2.26. The van der Waals surface area contributed by atoms with Crippen LogP contribution in [0.1, 0.15) is 24.8 Å². The maximum atomic E-state index is 13.9. The third-order valence-corrected chi connectivity index (χ3v) is 7.94. The highest BCUT2D eigenvalue weighted by Gasteiger charge is 2.43. The first kappa shape index (κ1) is 23.4. The van der Waals surface area contributed by atoms with E-state index in [2.05, 4.69) is 0 Å². The summed E-state index contributed by atoms with van der Waals surface area (Å²) >= 11 is 12.1. The normalized spacial score (nSPS) is 17.6. The highest BCUT2D eigenvalue weighted by Crippen LogP contribution is 2.46. The lowest BCUT2D eigenvalue weighted by atomic mass is 9.93. The van der Waals surface area contributed by atoms with Gasteiger partial charge in [-0.2, -0.15) is 0 Å². The Kier molecular flexibility index (Phi) is 6.26. The summed E-state index contributed by atoms with van der Waals surface area (Å²) in [6.07, 6.45) is -0.323. The minimum atomic E-state index is -4.07. The molecule has 33 heavy (non-hydrogen) atoms. The number of carboxylic acids is 1. The quantitative estimate of drug-likeness (QED) is 0.435. The van der Waals surface area contributed by atoms with Gasteiger partial charge in [-0.15, -0.1) is 0 Å². The van der Waals surface area contributed by atoms with Crippen molar-refractivity contribution in [2.45, 2.75) is 30.2 Å². The zero-order chi connectivity index (χ0) is 23.9. The van der Waals surface area contributed by atoms with Gasteiger partial charge in [0.25, 0.3) is 10.0 Å². The average molecular weight is 510 g/mol. The van der Waals surface area contributed by atoms with Crippen molar-refractivity contribution in [3.8, 4) is 11.5 Å². The van der Waals surface area contributed by atoms with Gasteiger partial charge in [0, 0.05) is 17.0 Å². The smallest absolute Gasteiger partial charge is 0.304 e. The van der Waals surface area contributed by atoms with E-state index >= 15 is 0 Å². The highest BCUT2D eigenvalue weighted by atomic mass is 35.5. The van der Waals surface area contributed by atoms with E-state index in [4.69, 9.17) is 27.9 Å². The summed E-state index contributed by atoms with van der Waals surface area (Å²) in [6, 6.07) is 13.4. The summed E-state index contributed by atoms with van der Waals surface area (Å²) in [5.74, 6) is -1.67. The minimum Gasteiger partial charge on any atom is -0.481 e. The Bertz CT molecular complexity index is 1330. The molecule has 3 aromatic carbocycles. The number of aliphatic carboxylic acids is 1. The van der Waals surface area contributed by atoms with Crippen LogP contribution in [0.2, 0.25) is 10.0 Å². The van der Waals surface area contributed by atoms with Crippen LogP contribution in [-0.4, -0.2) is 25.5 Å². The van der Waals surface area contributed by atoms with Crippen LogP contribution >= 0.6 is 23.2 Å². The van der Waals surface area contributed by atoms with Crippen molar-refractivity contribution in [2.24, 2.45) is 0 Å². The minimum absolute atomic E-state index is 0.0230. The lowest BCUT2D eigenvalue weighted by molar-refractivity contribution is -0.137. The van der Waals surface area contributed by atoms with E-state index in [-0.39, 0.29) is 17.0 Å². The first-order valence-corrected chi connectivity index (χ1v) is 12.1. The molecule has 0 saturated carbocycles. The van der Waals surface area contributed by atoms with Crippen molar-refractivity contribution in [1.29, 1.82) is 0 Å². The molecule has 4 rings (SSSR count). The number of benzene rings is 3. The monoisotopic (exact) mass is 509 g/mol. The summed E-state index contributed by atoms with van der Waals surface area (Å²) in [7, 11) is -4.07. The Balaban J connectivity index is 1.67. The molecule has 1 heterocycles. The summed E-state index contributed by atoms with van der Waals surface area (Å²) in [4.78, 5) is 11.3. The summed E-state index contributed by atoms with van der Waals surface area (Å²) in [5.41, 5.74) is 0.616. The van der Waals surface area contributed by atoms with Gasteiger partial charge in [-0.05, 0) is 67.1 Å². The SMILES string of the molecule is CC1C(CC(=O)O)c2cc(F)ccc2N1S(=O)(=O)c1ccc(Oc2cc(Cl)ccc2Cl)cc1. The fraction of sp³-hybridized carbons (Fsp3) is 0.174. The molecule has 2 atom stereocenters. The molecule has 2 unspecified atom stereocenters. The molecule has 0 radical (unpaired) electrons. The highest BCUT2D eigenvalue weighted by molar-refractivity contribution is 7.92. The van der Waals surface area contributed by atoms with Crippen LogP contribution < -0.4 is 9.04 Å². The van der Waals surface area contributed by atoms with Gasteiger partial charge in [0.1, 0.15) is 17.3 Å². The molecule has 0 amide bonds. The Morgan fingerprint density at radius 3 is 2.45 bits per heavy atom. The third-order valence-electron chi connectivity index (χ3n) is 5.47. The van der Waals surface area contributed by atoms with Crippen LogP contribution in [0.25, 0.3) is 0 Å². The van der Waals surface area contributed by atoms with Crippen LogP contribution in [0.15, 0.2) is 65.6 Å². The molecule has 0 aromatic heterocycles. The summed E-state index contributed by atoms with van der Waals surface area (Å²) < 4.78 is 47.7. The number of nitrogens with zero attached hydrogens (tertiary/aromatic N) is 1. The van der Waals surface area contributed by atoms with Crippen molar-refractivity contribution >= 4 is 44.9 Å². The number of halogens is 3. The Morgan fingerprint density at radius 2 is 1.79 bits per heavy atom. The third kappa shape index (κ3) is 4.51. The van der Waals surface area contributed by atoms with E-state index in [0.717, 1.165) is 10.4 Å². The van der Waals surface area contributed by atoms with Gasteiger partial charge < -0.3 is 9.84 Å². The van der Waals surface area contributed by atoms with Gasteiger partial charge in [-0.25, -0.2) is 12.8 Å². The number of hydrogen-bond acceptors (Lipinski definition) is 4. The molecule has 10 heteroatoms. The molecule has 0 fully saturated rings. The Morgan fingerprint density at radius 1 is 1.09 bits per heavy atom. The number of carboxylic acid groups (broad SMARTS) is 1. The number of anilines is 1. The van der Waals surface area contributed by atoms with Crippen LogP contribution in [0.4, 0.5) is 10.1 Å². The van der Waals surface area contributed by atoms with E-state index in [1.807, 2.05) is 0 Å². The van der Waals surface area contributed by atoms with Crippen LogP contribution in [0.5, 0.6) is 11.5 Å². The number of sulfonamides is 1. The maximum Gasteiger partial charge on any atom is 0.304 e. The van der Waals surface area contributed by atoms with Crippen LogP contribution in [-0.2, 0) is 14.8 Å². The van der Waals surface area contributed by atoms with E-state index < -0.39 is 33.8 Å². The van der Waals surface area contributed by atoms with Gasteiger partial charge in [0.15, 0.2) is 0 Å². The van der Waals surface area contributed by atoms with Crippen LogP contribution in [0, 0.1) is 5.82 Å². The predicted molar refractivity (Wildman–Crippen MR) is 123 cm³/mol. The van der Waals surface area contributed by atoms with Crippen molar-refractivity contribution in [3.05, 3.63) is 82.1 Å². The van der Waals surface area contributed by atoms with Crippen molar-refractivity contribution in [3.63, 3.8) is 0 Å². The lowest BCUT2D eigenvalue weighted by Crippen LogP contribution is -2.37. The van der Waals surface area contributed by atoms with Gasteiger partial charge >= 0.3 is 5.97 Å². The number of rotatable bonds is 6. The van der Waals surface area contributed by atoms with Gasteiger partial charge in [0.05, 0.1) is 28.1 Å². The van der Waals surface area contributed by atoms with Gasteiger partial charge in [-0.1, -0.05) is 23.2 Å². The number of ether oxygens (including phenoxy) is 1. The average Bonchev–Trinajstić information content (AvgIpc) is 3.02. The summed E-state index contributed by atoms with van der Waals surface area (Å²) in [5, 5.41) is 10.1. The molecule has 1 aliphatic rings. The fourth-order valence-electron chi connectivity index (χ4n) is 3.96. The van der Waals surface area contributed by atoms with E-state index in [9.17, 15) is 22.7 Å². The second-order valence-electron chi connectivity index (χ2n) is 7.60. The summed E-state index contributed by atoms with van der Waals surface area (Å²) in [6.45, 7) is 1.61. The zero-order valence-electron chi connectivity index (χ0n) is 17.2. The first-order chi connectivity index (χ1) is 15.6. The molecule has 0 spiro atoms. The molecule has 3 aromatic rings. The second-order valence-corrected chi connectivity index (χ2v) is 10.3. The van der Waals surface area contributed by atoms with Crippen molar-refractivity contribution in [2.75, 3.05) is 4.31 Å². The van der Waals surface area contributed by atoms with E-state index in [1.54, 1.807) is 25.1 Å². The number of hydrogen-bond donors (Lipinski definition) is 1. The molecular formula is C23H18Cl2FNO5S. The predicted octanol–water partition coefficient (Wildman–Crippen LogP) is 6.08. The molecule has 0 aliphatic carbocycles. The Hall–Kier alpha value is -2.81. The fourth-order valence-corrected chi connectivity index (χ4v) is 5.99. The first-order valence-electron chi connectivity index (χ1n) is 9.86. The van der Waals surface area contributed by atoms with E-state index in [0.29, 0.717) is 27.1 Å². The molecule has 1 aliphatic heterocycles. The molecule has 6 nitrogen and oxygen atoms in total. The maximum absolute atomic E-state index is 13.9. The van der Waals surface area contributed by atoms with Crippen molar-refractivity contribution in [1.82, 2.24) is 0 Å². The molecular weight excluding hydrogens is 492 g/mol. The van der Waals surface area contributed by atoms with E-state index in [1.165, 1.54) is 36.4 Å². The van der Waals surface area contributed by atoms with Gasteiger partial charge in [-0.3, -0.25) is 9.10 Å². The van der Waals surface area contributed by atoms with Crippen LogP contribution in [0.3, 0.4) is 0 Å². The Labute approximate surface area is 200 Å².